The summed E-state index contributed by atoms with van der Waals surface area (Å²) in [5, 5.41) is 13.1. The van der Waals surface area contributed by atoms with Crippen LogP contribution in [0.4, 0.5) is 4.79 Å². The van der Waals surface area contributed by atoms with E-state index in [4.69, 9.17) is 4.74 Å². The van der Waals surface area contributed by atoms with Crippen molar-refractivity contribution < 1.29 is 14.6 Å². The third-order valence-electron chi connectivity index (χ3n) is 5.58. The van der Waals surface area contributed by atoms with Crippen LogP contribution in [0, 0.1) is 12.3 Å². The topological polar surface area (TPSA) is 61.8 Å². The molecule has 2 aromatic rings. The first-order valence-electron chi connectivity index (χ1n) is 9.85. The zero-order valence-corrected chi connectivity index (χ0v) is 16.7. The maximum atomic E-state index is 13.0. The number of carbonyl (C=O) groups is 1. The Labute approximate surface area is 167 Å². The standard InChI is InChI=1S/C23H30N2O3/c1-18-7-6-10-20(15-18)21(19-8-4-3-5-9-19)24-22(27)25(2)16-23(17-26)11-13-28-14-12-23/h3-10,15,21,26H,11-14,16-17H2,1-2H3,(H,24,27)/t21-/m1/s1. The number of rotatable bonds is 6. The molecule has 0 aliphatic carbocycles. The summed E-state index contributed by atoms with van der Waals surface area (Å²) < 4.78 is 5.43. The maximum absolute atomic E-state index is 13.0. The number of nitrogens with one attached hydrogen (secondary N) is 1. The van der Waals surface area contributed by atoms with Gasteiger partial charge in [0.05, 0.1) is 12.6 Å². The molecule has 3 rings (SSSR count). The SMILES string of the molecule is Cc1cccc([C@H](NC(=O)N(C)CC2(CO)CCOCC2)c2ccccc2)c1. The second kappa shape index (κ2) is 9.22. The van der Waals surface area contributed by atoms with Gasteiger partial charge in [0.15, 0.2) is 0 Å². The van der Waals surface area contributed by atoms with Crippen molar-refractivity contribution in [2.45, 2.75) is 25.8 Å². The van der Waals surface area contributed by atoms with Crippen molar-refractivity contribution in [1.29, 1.82) is 0 Å². The highest BCUT2D eigenvalue weighted by molar-refractivity contribution is 5.75. The molecule has 0 radical (unpaired) electrons. The Morgan fingerprint density at radius 3 is 2.46 bits per heavy atom. The quantitative estimate of drug-likeness (QED) is 0.804. The van der Waals surface area contributed by atoms with E-state index in [1.54, 1.807) is 11.9 Å². The molecule has 5 nitrogen and oxygen atoms in total. The van der Waals surface area contributed by atoms with Crippen LogP contribution in [0.15, 0.2) is 54.6 Å². The first-order valence-corrected chi connectivity index (χ1v) is 9.85. The van der Waals surface area contributed by atoms with Gasteiger partial charge in [0, 0.05) is 32.2 Å². The fourth-order valence-electron chi connectivity index (χ4n) is 3.83. The molecule has 0 spiro atoms. The lowest BCUT2D eigenvalue weighted by molar-refractivity contribution is -0.0261. The molecular formula is C23H30N2O3. The lowest BCUT2D eigenvalue weighted by Gasteiger charge is -2.38. The predicted molar refractivity (Wildman–Crippen MR) is 110 cm³/mol. The van der Waals surface area contributed by atoms with Crippen LogP contribution in [0.3, 0.4) is 0 Å². The smallest absolute Gasteiger partial charge is 0.317 e. The molecule has 5 heteroatoms. The molecule has 150 valence electrons. The van der Waals surface area contributed by atoms with E-state index in [0.29, 0.717) is 19.8 Å². The van der Waals surface area contributed by atoms with Gasteiger partial charge in [0.2, 0.25) is 0 Å². The summed E-state index contributed by atoms with van der Waals surface area (Å²) in [4.78, 5) is 14.7. The van der Waals surface area contributed by atoms with E-state index in [9.17, 15) is 9.90 Å². The van der Waals surface area contributed by atoms with Crippen LogP contribution in [-0.2, 0) is 4.74 Å². The fourth-order valence-corrected chi connectivity index (χ4v) is 3.83. The summed E-state index contributed by atoms with van der Waals surface area (Å²) in [5.41, 5.74) is 2.96. The Balaban J connectivity index is 1.77. The third kappa shape index (κ3) is 4.91. The van der Waals surface area contributed by atoms with Crippen LogP contribution >= 0.6 is 0 Å². The molecule has 2 amide bonds. The first-order chi connectivity index (χ1) is 13.5. The van der Waals surface area contributed by atoms with Gasteiger partial charge in [-0.3, -0.25) is 0 Å². The van der Waals surface area contributed by atoms with E-state index in [1.165, 1.54) is 0 Å². The molecule has 0 aromatic heterocycles. The van der Waals surface area contributed by atoms with Crippen molar-refractivity contribution in [2.75, 3.05) is 33.4 Å². The van der Waals surface area contributed by atoms with Crippen molar-refractivity contribution >= 4 is 6.03 Å². The number of carbonyl (C=O) groups excluding carboxylic acids is 1. The molecular weight excluding hydrogens is 352 g/mol. The Morgan fingerprint density at radius 2 is 1.82 bits per heavy atom. The maximum Gasteiger partial charge on any atom is 0.317 e. The number of hydrogen-bond donors (Lipinski definition) is 2. The normalized spacial score (nSPS) is 17.0. The highest BCUT2D eigenvalue weighted by Gasteiger charge is 2.34. The summed E-state index contributed by atoms with van der Waals surface area (Å²) in [5.74, 6) is 0. The number of nitrogens with zero attached hydrogens (tertiary/aromatic N) is 1. The summed E-state index contributed by atoms with van der Waals surface area (Å²) in [6.07, 6.45) is 1.53. The van der Waals surface area contributed by atoms with E-state index >= 15 is 0 Å². The molecule has 0 saturated carbocycles. The second-order valence-electron chi connectivity index (χ2n) is 7.83. The Bertz CT molecular complexity index is 772. The Kier molecular flexibility index (Phi) is 6.70. The monoisotopic (exact) mass is 382 g/mol. The molecule has 1 fully saturated rings. The summed E-state index contributed by atoms with van der Waals surface area (Å²) in [6, 6.07) is 17.8. The minimum absolute atomic E-state index is 0.0635. The van der Waals surface area contributed by atoms with Crippen LogP contribution in [-0.4, -0.2) is 49.5 Å². The van der Waals surface area contributed by atoms with E-state index in [2.05, 4.69) is 24.4 Å². The van der Waals surface area contributed by atoms with E-state index in [0.717, 1.165) is 29.5 Å². The van der Waals surface area contributed by atoms with Gasteiger partial charge in [-0.1, -0.05) is 60.2 Å². The van der Waals surface area contributed by atoms with Crippen LogP contribution in [0.1, 0.15) is 35.6 Å². The molecule has 1 aliphatic heterocycles. The number of amides is 2. The largest absolute Gasteiger partial charge is 0.396 e. The minimum atomic E-state index is -0.282. The predicted octanol–water partition coefficient (Wildman–Crippen LogP) is 3.51. The molecule has 1 atom stereocenters. The van der Waals surface area contributed by atoms with Gasteiger partial charge < -0.3 is 20.1 Å². The molecule has 1 heterocycles. The average molecular weight is 383 g/mol. The minimum Gasteiger partial charge on any atom is -0.396 e. The van der Waals surface area contributed by atoms with E-state index in [1.807, 2.05) is 42.5 Å². The number of hydrogen-bond acceptors (Lipinski definition) is 3. The van der Waals surface area contributed by atoms with Gasteiger partial charge in [0.25, 0.3) is 0 Å². The highest BCUT2D eigenvalue weighted by atomic mass is 16.5. The van der Waals surface area contributed by atoms with Gasteiger partial charge in [0.1, 0.15) is 0 Å². The Morgan fingerprint density at radius 1 is 1.14 bits per heavy atom. The number of aryl methyl sites for hydroxylation is 1. The summed E-state index contributed by atoms with van der Waals surface area (Å²) in [7, 11) is 1.79. The third-order valence-corrected chi connectivity index (χ3v) is 5.58. The number of aliphatic hydroxyl groups is 1. The van der Waals surface area contributed by atoms with Gasteiger partial charge in [-0.25, -0.2) is 4.79 Å². The van der Waals surface area contributed by atoms with Gasteiger partial charge in [-0.2, -0.15) is 0 Å². The van der Waals surface area contributed by atoms with Crippen molar-refractivity contribution in [1.82, 2.24) is 10.2 Å². The van der Waals surface area contributed by atoms with Crippen LogP contribution in [0.25, 0.3) is 0 Å². The number of aliphatic hydroxyl groups excluding tert-OH is 1. The van der Waals surface area contributed by atoms with Crippen molar-refractivity contribution in [3.8, 4) is 0 Å². The van der Waals surface area contributed by atoms with Crippen molar-refractivity contribution in [3.63, 3.8) is 0 Å². The van der Waals surface area contributed by atoms with E-state index in [-0.39, 0.29) is 24.1 Å². The van der Waals surface area contributed by atoms with Crippen LogP contribution < -0.4 is 5.32 Å². The molecule has 2 aromatic carbocycles. The van der Waals surface area contributed by atoms with Crippen molar-refractivity contribution in [2.24, 2.45) is 5.41 Å². The number of benzene rings is 2. The summed E-state index contributed by atoms with van der Waals surface area (Å²) >= 11 is 0. The highest BCUT2D eigenvalue weighted by Crippen LogP contribution is 2.31. The average Bonchev–Trinajstić information content (AvgIpc) is 2.73. The molecule has 1 aliphatic rings. The second-order valence-corrected chi connectivity index (χ2v) is 7.83. The molecule has 1 saturated heterocycles. The first kappa shape index (κ1) is 20.4. The van der Waals surface area contributed by atoms with Gasteiger partial charge in [-0.15, -0.1) is 0 Å². The molecule has 0 bridgehead atoms. The Hall–Kier alpha value is -2.37. The lowest BCUT2D eigenvalue weighted by atomic mass is 9.80. The zero-order valence-electron chi connectivity index (χ0n) is 16.7. The molecule has 0 unspecified atom stereocenters. The van der Waals surface area contributed by atoms with Crippen LogP contribution in [0.5, 0.6) is 0 Å². The molecule has 28 heavy (non-hydrogen) atoms. The lowest BCUT2D eigenvalue weighted by Crippen LogP contribution is -2.48. The molecule has 2 N–H and O–H groups in total. The van der Waals surface area contributed by atoms with Gasteiger partial charge >= 0.3 is 6.03 Å². The zero-order chi connectivity index (χ0) is 20.0. The van der Waals surface area contributed by atoms with E-state index < -0.39 is 0 Å². The van der Waals surface area contributed by atoms with Crippen LogP contribution in [0.2, 0.25) is 0 Å². The van der Waals surface area contributed by atoms with Crippen molar-refractivity contribution in [3.05, 3.63) is 71.3 Å². The number of urea groups is 1. The number of ether oxygens (including phenoxy) is 1. The van der Waals surface area contributed by atoms with Gasteiger partial charge in [-0.05, 0) is 30.9 Å². The summed E-state index contributed by atoms with van der Waals surface area (Å²) in [6.45, 7) is 3.88. The fraction of sp³-hybridized carbons (Fsp3) is 0.435.